The van der Waals surface area contributed by atoms with Gasteiger partial charge in [-0.3, -0.25) is 19.3 Å². The topological polar surface area (TPSA) is 66.5 Å². The number of carbonyl (C=O) groups is 3. The van der Waals surface area contributed by atoms with Crippen molar-refractivity contribution in [3.05, 3.63) is 95.0 Å². The molecule has 3 aromatic rings. The van der Waals surface area contributed by atoms with Crippen molar-refractivity contribution in [3.8, 4) is 0 Å². The van der Waals surface area contributed by atoms with E-state index in [2.05, 4.69) is 17.4 Å². The van der Waals surface area contributed by atoms with Gasteiger partial charge in [0.15, 0.2) is 0 Å². The number of fused-ring (bicyclic) bond motifs is 5. The third-order valence-corrected chi connectivity index (χ3v) is 7.96. The van der Waals surface area contributed by atoms with Crippen molar-refractivity contribution in [2.45, 2.75) is 18.8 Å². The molecule has 3 aromatic carbocycles. The van der Waals surface area contributed by atoms with Gasteiger partial charge in [0.05, 0.1) is 17.5 Å². The second-order valence-corrected chi connectivity index (χ2v) is 9.92. The van der Waals surface area contributed by atoms with Crippen LogP contribution in [0.1, 0.15) is 34.7 Å². The first-order valence-electron chi connectivity index (χ1n) is 11.6. The Morgan fingerprint density at radius 3 is 2.35 bits per heavy atom. The lowest BCUT2D eigenvalue weighted by atomic mass is 9.73. The van der Waals surface area contributed by atoms with E-state index in [0.717, 1.165) is 12.8 Å². The highest BCUT2D eigenvalue weighted by Gasteiger charge is 2.64. The molecule has 170 valence electrons. The summed E-state index contributed by atoms with van der Waals surface area (Å²) in [5.74, 6) is -0.337. The van der Waals surface area contributed by atoms with Crippen LogP contribution in [0.2, 0.25) is 5.02 Å². The van der Waals surface area contributed by atoms with Crippen LogP contribution in [0.4, 0.5) is 11.4 Å². The fraction of sp³-hybridized carbons (Fsp3) is 0.250. The highest BCUT2D eigenvalue weighted by molar-refractivity contribution is 6.30. The molecule has 0 unspecified atom stereocenters. The molecule has 1 N–H and O–H groups in total. The summed E-state index contributed by atoms with van der Waals surface area (Å²) in [5.41, 5.74) is 2.72. The third kappa shape index (κ3) is 3.34. The number of hydrogen-bond acceptors (Lipinski definition) is 3. The first kappa shape index (κ1) is 21.1. The van der Waals surface area contributed by atoms with Gasteiger partial charge >= 0.3 is 0 Å². The molecule has 0 aromatic heterocycles. The maximum absolute atomic E-state index is 13.6. The van der Waals surface area contributed by atoms with Crippen molar-refractivity contribution < 1.29 is 14.4 Å². The van der Waals surface area contributed by atoms with Crippen LogP contribution in [0.25, 0.3) is 0 Å². The predicted molar refractivity (Wildman–Crippen MR) is 131 cm³/mol. The zero-order chi connectivity index (χ0) is 23.4. The van der Waals surface area contributed by atoms with Crippen molar-refractivity contribution in [1.29, 1.82) is 0 Å². The first-order valence-corrected chi connectivity index (χ1v) is 12.0. The van der Waals surface area contributed by atoms with Gasteiger partial charge in [0.2, 0.25) is 11.8 Å². The Balaban J connectivity index is 1.25. The Labute approximate surface area is 202 Å². The lowest BCUT2D eigenvalue weighted by molar-refractivity contribution is -0.123. The molecule has 3 aliphatic rings. The summed E-state index contributed by atoms with van der Waals surface area (Å²) in [6.45, 7) is 0. The summed E-state index contributed by atoms with van der Waals surface area (Å²) < 4.78 is 0. The normalized spacial score (nSPS) is 27.2. The summed E-state index contributed by atoms with van der Waals surface area (Å²) in [6.07, 6.45) is 1.88. The molecule has 5 nitrogen and oxygen atoms in total. The van der Waals surface area contributed by atoms with Gasteiger partial charge in [-0.05, 0) is 78.6 Å². The van der Waals surface area contributed by atoms with Crippen LogP contribution in [0.15, 0.2) is 78.9 Å². The molecule has 1 aliphatic heterocycles. The molecular formula is C28H23ClN2O3. The second-order valence-electron chi connectivity index (χ2n) is 9.49. The van der Waals surface area contributed by atoms with Crippen molar-refractivity contribution in [3.63, 3.8) is 0 Å². The SMILES string of the molecule is O=C(Nc1ccc(Cl)cc1)c1cccc(N2C(=O)[C@@H]3[C@H]4C[C@H]([C@H]3C2=O)[C@H](c2ccccc2)C4)c1. The summed E-state index contributed by atoms with van der Waals surface area (Å²) >= 11 is 5.91. The largest absolute Gasteiger partial charge is 0.322 e. The molecule has 3 amide bonds. The Morgan fingerprint density at radius 2 is 1.59 bits per heavy atom. The molecule has 0 spiro atoms. The Morgan fingerprint density at radius 1 is 0.853 bits per heavy atom. The quantitative estimate of drug-likeness (QED) is 0.510. The number of anilines is 2. The summed E-state index contributed by atoms with van der Waals surface area (Å²) in [7, 11) is 0. The maximum Gasteiger partial charge on any atom is 0.255 e. The number of imide groups is 1. The fourth-order valence-corrected chi connectivity index (χ4v) is 6.45. The number of nitrogens with one attached hydrogen (secondary N) is 1. The van der Waals surface area contributed by atoms with Gasteiger partial charge in [-0.2, -0.15) is 0 Å². The van der Waals surface area contributed by atoms with Gasteiger partial charge in [-0.25, -0.2) is 0 Å². The fourth-order valence-electron chi connectivity index (χ4n) is 6.32. The molecular weight excluding hydrogens is 448 g/mol. The van der Waals surface area contributed by atoms with Crippen molar-refractivity contribution in [1.82, 2.24) is 0 Å². The van der Waals surface area contributed by atoms with E-state index in [-0.39, 0.29) is 41.4 Å². The zero-order valence-electron chi connectivity index (χ0n) is 18.4. The number of carbonyl (C=O) groups excluding carboxylic acids is 3. The van der Waals surface area contributed by atoms with Gasteiger partial charge in [-0.15, -0.1) is 0 Å². The highest BCUT2D eigenvalue weighted by atomic mass is 35.5. The first-order chi connectivity index (χ1) is 16.5. The van der Waals surface area contributed by atoms with Crippen LogP contribution in [-0.2, 0) is 9.59 Å². The standard InChI is InChI=1S/C28H23ClN2O3/c29-19-9-11-20(12-10-19)30-26(32)17-7-4-8-21(13-17)31-27(33)24-18-14-22(16-5-2-1-3-6-16)23(15-18)25(24)28(31)34/h1-13,18,22-25H,14-15H2,(H,30,32)/t18-,22+,23+,24-,25-/m1/s1. The van der Waals surface area contributed by atoms with E-state index in [0.29, 0.717) is 27.9 Å². The molecule has 2 bridgehead atoms. The van der Waals surface area contributed by atoms with Crippen molar-refractivity contribution in [2.24, 2.45) is 23.7 Å². The lowest BCUT2D eigenvalue weighted by Crippen LogP contribution is -2.33. The summed E-state index contributed by atoms with van der Waals surface area (Å²) in [5, 5.41) is 3.41. The van der Waals surface area contributed by atoms with Gasteiger partial charge in [0.1, 0.15) is 0 Å². The number of hydrogen-bond donors (Lipinski definition) is 1. The van der Waals surface area contributed by atoms with Gasteiger partial charge in [-0.1, -0.05) is 48.0 Å². The number of benzene rings is 3. The van der Waals surface area contributed by atoms with Gasteiger partial charge in [0, 0.05) is 16.3 Å². The number of nitrogens with zero attached hydrogens (tertiary/aromatic N) is 1. The zero-order valence-corrected chi connectivity index (χ0v) is 19.1. The second kappa shape index (κ2) is 8.10. The Hall–Kier alpha value is -3.44. The van der Waals surface area contributed by atoms with E-state index in [1.165, 1.54) is 10.5 Å². The van der Waals surface area contributed by atoms with Crippen LogP contribution in [-0.4, -0.2) is 17.7 Å². The molecule has 6 rings (SSSR count). The molecule has 0 radical (unpaired) electrons. The molecule has 34 heavy (non-hydrogen) atoms. The van der Waals surface area contributed by atoms with Crippen LogP contribution in [0.5, 0.6) is 0 Å². The minimum Gasteiger partial charge on any atom is -0.322 e. The average molecular weight is 471 g/mol. The molecule has 2 saturated carbocycles. The minimum atomic E-state index is -0.312. The monoisotopic (exact) mass is 470 g/mol. The van der Waals surface area contributed by atoms with E-state index in [4.69, 9.17) is 11.6 Å². The minimum absolute atomic E-state index is 0.121. The number of amides is 3. The molecule has 1 heterocycles. The van der Waals surface area contributed by atoms with Crippen molar-refractivity contribution >= 4 is 40.7 Å². The number of rotatable bonds is 4. The molecule has 3 fully saturated rings. The van der Waals surface area contributed by atoms with E-state index >= 15 is 0 Å². The van der Waals surface area contributed by atoms with Gasteiger partial charge < -0.3 is 5.32 Å². The molecule has 5 atom stereocenters. The Bertz CT molecular complexity index is 1290. The van der Waals surface area contributed by atoms with E-state index in [1.807, 2.05) is 18.2 Å². The van der Waals surface area contributed by atoms with E-state index in [9.17, 15) is 14.4 Å². The van der Waals surface area contributed by atoms with Gasteiger partial charge in [0.25, 0.3) is 5.91 Å². The van der Waals surface area contributed by atoms with Crippen LogP contribution >= 0.6 is 11.6 Å². The predicted octanol–water partition coefficient (Wildman–Crippen LogP) is 5.52. The van der Waals surface area contributed by atoms with E-state index in [1.54, 1.807) is 48.5 Å². The highest BCUT2D eigenvalue weighted by Crippen LogP contribution is 2.61. The molecule has 1 saturated heterocycles. The molecule has 2 aliphatic carbocycles. The summed E-state index contributed by atoms with van der Waals surface area (Å²) in [6, 6.07) is 23.9. The third-order valence-electron chi connectivity index (χ3n) is 7.71. The van der Waals surface area contributed by atoms with Crippen LogP contribution in [0.3, 0.4) is 0 Å². The lowest BCUT2D eigenvalue weighted by Gasteiger charge is -2.28. The Kier molecular flexibility index (Phi) is 5.03. The van der Waals surface area contributed by atoms with Crippen LogP contribution < -0.4 is 10.2 Å². The summed E-state index contributed by atoms with van der Waals surface area (Å²) in [4.78, 5) is 41.1. The van der Waals surface area contributed by atoms with E-state index < -0.39 is 0 Å². The van der Waals surface area contributed by atoms with Crippen molar-refractivity contribution in [2.75, 3.05) is 10.2 Å². The van der Waals surface area contributed by atoms with Crippen LogP contribution in [0, 0.1) is 23.7 Å². The average Bonchev–Trinajstić information content (AvgIpc) is 3.52. The molecule has 6 heteroatoms. The number of halogens is 1. The smallest absolute Gasteiger partial charge is 0.255 e. The maximum atomic E-state index is 13.6.